The number of aliphatic hydroxyl groups is 1. The van der Waals surface area contributed by atoms with E-state index in [1.807, 2.05) is 47.0 Å². The van der Waals surface area contributed by atoms with Crippen LogP contribution in [0.4, 0.5) is 5.95 Å². The Kier molecular flexibility index (Phi) is 4.57. The molecule has 0 bridgehead atoms. The van der Waals surface area contributed by atoms with E-state index in [-0.39, 0.29) is 6.61 Å². The molecule has 6 nitrogen and oxygen atoms in total. The van der Waals surface area contributed by atoms with Gasteiger partial charge in [0, 0.05) is 12.7 Å². The molecule has 2 aromatic carbocycles. The third-order valence-electron chi connectivity index (χ3n) is 4.22. The Morgan fingerprint density at radius 1 is 0.962 bits per heavy atom. The Labute approximate surface area is 151 Å². The van der Waals surface area contributed by atoms with Crippen LogP contribution in [0.1, 0.15) is 11.1 Å². The van der Waals surface area contributed by atoms with Crippen LogP contribution in [0.3, 0.4) is 0 Å². The second-order valence-corrected chi connectivity index (χ2v) is 6.00. The van der Waals surface area contributed by atoms with Gasteiger partial charge in [0.25, 0.3) is 0 Å². The minimum Gasteiger partial charge on any atom is -0.392 e. The number of anilines is 1. The number of benzene rings is 2. The highest BCUT2D eigenvalue weighted by Gasteiger charge is 2.07. The maximum Gasteiger partial charge on any atom is 0.224 e. The molecule has 0 aliphatic heterocycles. The first-order valence-electron chi connectivity index (χ1n) is 8.51. The molecule has 0 aliphatic carbocycles. The van der Waals surface area contributed by atoms with Gasteiger partial charge in [-0.15, -0.1) is 0 Å². The highest BCUT2D eigenvalue weighted by Crippen LogP contribution is 2.19. The number of imidazole rings is 1. The number of hydrogen-bond donors (Lipinski definition) is 2. The Morgan fingerprint density at radius 3 is 2.69 bits per heavy atom. The molecule has 0 atom stereocenters. The fraction of sp³-hybridized carbons (Fsp3) is 0.150. The van der Waals surface area contributed by atoms with Gasteiger partial charge < -0.3 is 10.4 Å². The van der Waals surface area contributed by atoms with Crippen LogP contribution in [-0.4, -0.2) is 31.2 Å². The van der Waals surface area contributed by atoms with Gasteiger partial charge in [-0.2, -0.15) is 4.98 Å². The van der Waals surface area contributed by atoms with E-state index in [1.165, 1.54) is 5.56 Å². The molecule has 4 rings (SSSR count). The van der Waals surface area contributed by atoms with Crippen molar-refractivity contribution in [2.45, 2.75) is 13.0 Å². The number of rotatable bonds is 6. The maximum atomic E-state index is 9.26. The van der Waals surface area contributed by atoms with Crippen LogP contribution in [0.25, 0.3) is 16.9 Å². The number of hydrogen-bond acceptors (Lipinski definition) is 5. The molecule has 0 saturated heterocycles. The lowest BCUT2D eigenvalue weighted by atomic mass is 10.1. The van der Waals surface area contributed by atoms with E-state index in [2.05, 4.69) is 32.4 Å². The monoisotopic (exact) mass is 345 g/mol. The molecule has 130 valence electrons. The third kappa shape index (κ3) is 3.41. The van der Waals surface area contributed by atoms with Crippen molar-refractivity contribution in [2.75, 3.05) is 11.9 Å². The number of aliphatic hydroxyl groups excluding tert-OH is 1. The predicted molar refractivity (Wildman–Crippen MR) is 101 cm³/mol. The van der Waals surface area contributed by atoms with Gasteiger partial charge in [-0.25, -0.2) is 9.97 Å². The highest BCUT2D eigenvalue weighted by molar-refractivity contribution is 5.77. The molecule has 26 heavy (non-hydrogen) atoms. The molecule has 0 spiro atoms. The van der Waals surface area contributed by atoms with Crippen LogP contribution in [0.15, 0.2) is 67.1 Å². The summed E-state index contributed by atoms with van der Waals surface area (Å²) in [6, 6.07) is 17.9. The molecule has 0 saturated carbocycles. The summed E-state index contributed by atoms with van der Waals surface area (Å²) in [7, 11) is 0. The van der Waals surface area contributed by atoms with Crippen molar-refractivity contribution in [2.24, 2.45) is 0 Å². The third-order valence-corrected chi connectivity index (χ3v) is 4.22. The summed E-state index contributed by atoms with van der Waals surface area (Å²) in [5.41, 5.74) is 3.88. The number of nitrogens with one attached hydrogen (secondary N) is 1. The second-order valence-electron chi connectivity index (χ2n) is 6.00. The number of nitrogens with zero attached hydrogens (tertiary/aromatic N) is 4. The summed E-state index contributed by atoms with van der Waals surface area (Å²) in [4.78, 5) is 13.3. The number of aromatic nitrogens is 4. The van der Waals surface area contributed by atoms with Crippen LogP contribution in [0.5, 0.6) is 0 Å². The van der Waals surface area contributed by atoms with Gasteiger partial charge in [0.05, 0.1) is 17.6 Å². The van der Waals surface area contributed by atoms with E-state index < -0.39 is 0 Å². The average Bonchev–Trinajstić information content (AvgIpc) is 3.12. The lowest BCUT2D eigenvalue weighted by Gasteiger charge is -2.08. The molecule has 0 radical (unpaired) electrons. The van der Waals surface area contributed by atoms with E-state index in [0.717, 1.165) is 35.4 Å². The molecule has 2 N–H and O–H groups in total. The SMILES string of the molecule is OCc1ccc2c(c1)ncn2-c1ccnc(NCCc2ccccc2)n1. The summed E-state index contributed by atoms with van der Waals surface area (Å²) in [5, 5.41) is 12.5. The first-order valence-corrected chi connectivity index (χ1v) is 8.51. The fourth-order valence-electron chi connectivity index (χ4n) is 2.87. The van der Waals surface area contributed by atoms with Crippen molar-refractivity contribution in [3.8, 4) is 5.82 Å². The van der Waals surface area contributed by atoms with Gasteiger partial charge in [-0.1, -0.05) is 36.4 Å². The van der Waals surface area contributed by atoms with Gasteiger partial charge in [-0.3, -0.25) is 4.57 Å². The topological polar surface area (TPSA) is 75.9 Å². The first-order chi connectivity index (χ1) is 12.8. The molecular weight excluding hydrogens is 326 g/mol. The van der Waals surface area contributed by atoms with Crippen LogP contribution >= 0.6 is 0 Å². The average molecular weight is 345 g/mol. The predicted octanol–water partition coefficient (Wildman–Crippen LogP) is 2.96. The Hall–Kier alpha value is -3.25. The van der Waals surface area contributed by atoms with Gasteiger partial charge in [0.15, 0.2) is 0 Å². The van der Waals surface area contributed by atoms with Crippen molar-refractivity contribution in [1.29, 1.82) is 0 Å². The second kappa shape index (κ2) is 7.33. The van der Waals surface area contributed by atoms with E-state index >= 15 is 0 Å². The molecule has 2 heterocycles. The van der Waals surface area contributed by atoms with Crippen molar-refractivity contribution in [3.05, 3.63) is 78.2 Å². The molecule has 0 unspecified atom stereocenters. The smallest absolute Gasteiger partial charge is 0.224 e. The Bertz CT molecular complexity index is 1010. The minimum atomic E-state index is 0.00574. The molecule has 0 fully saturated rings. The van der Waals surface area contributed by atoms with Crippen molar-refractivity contribution >= 4 is 17.0 Å². The van der Waals surface area contributed by atoms with Crippen LogP contribution in [0.2, 0.25) is 0 Å². The molecule has 0 aliphatic rings. The lowest BCUT2D eigenvalue weighted by Crippen LogP contribution is -2.09. The van der Waals surface area contributed by atoms with Gasteiger partial charge >= 0.3 is 0 Å². The quantitative estimate of drug-likeness (QED) is 0.562. The molecule has 6 heteroatoms. The normalized spacial score (nSPS) is 11.0. The fourth-order valence-corrected chi connectivity index (χ4v) is 2.87. The minimum absolute atomic E-state index is 0.00574. The lowest BCUT2D eigenvalue weighted by molar-refractivity contribution is 0.282. The van der Waals surface area contributed by atoms with E-state index in [4.69, 9.17) is 0 Å². The zero-order valence-electron chi connectivity index (χ0n) is 14.2. The van der Waals surface area contributed by atoms with E-state index in [0.29, 0.717) is 5.95 Å². The van der Waals surface area contributed by atoms with E-state index in [1.54, 1.807) is 12.5 Å². The Morgan fingerprint density at radius 2 is 1.85 bits per heavy atom. The zero-order chi connectivity index (χ0) is 17.8. The highest BCUT2D eigenvalue weighted by atomic mass is 16.3. The van der Waals surface area contributed by atoms with Gasteiger partial charge in [-0.05, 0) is 35.7 Å². The standard InChI is InChI=1S/C20H19N5O/c26-13-16-6-7-18-17(12-16)23-14-25(18)19-9-11-22-20(24-19)21-10-8-15-4-2-1-3-5-15/h1-7,9,11-12,14,26H,8,10,13H2,(H,21,22,24). The van der Waals surface area contributed by atoms with Crippen LogP contribution < -0.4 is 5.32 Å². The summed E-state index contributed by atoms with van der Waals surface area (Å²) >= 11 is 0. The van der Waals surface area contributed by atoms with Crippen LogP contribution in [-0.2, 0) is 13.0 Å². The maximum absolute atomic E-state index is 9.26. The number of fused-ring (bicyclic) bond motifs is 1. The summed E-state index contributed by atoms with van der Waals surface area (Å²) in [5.74, 6) is 1.34. The van der Waals surface area contributed by atoms with Crippen molar-refractivity contribution in [1.82, 2.24) is 19.5 Å². The Balaban J connectivity index is 1.52. The van der Waals surface area contributed by atoms with E-state index in [9.17, 15) is 5.11 Å². The molecule has 2 aromatic heterocycles. The van der Waals surface area contributed by atoms with Crippen molar-refractivity contribution < 1.29 is 5.11 Å². The largest absolute Gasteiger partial charge is 0.392 e. The summed E-state index contributed by atoms with van der Waals surface area (Å²) in [6.45, 7) is 0.768. The van der Waals surface area contributed by atoms with Gasteiger partial charge in [0.2, 0.25) is 5.95 Å². The summed E-state index contributed by atoms with van der Waals surface area (Å²) in [6.07, 6.45) is 4.38. The molecule has 0 amide bonds. The van der Waals surface area contributed by atoms with Crippen molar-refractivity contribution in [3.63, 3.8) is 0 Å². The zero-order valence-corrected chi connectivity index (χ0v) is 14.2. The van der Waals surface area contributed by atoms with Crippen LogP contribution in [0, 0.1) is 0 Å². The molecule has 4 aromatic rings. The molecular formula is C20H19N5O. The first kappa shape index (κ1) is 16.2. The van der Waals surface area contributed by atoms with Gasteiger partial charge in [0.1, 0.15) is 12.1 Å². The summed E-state index contributed by atoms with van der Waals surface area (Å²) < 4.78 is 1.92.